The Bertz CT molecular complexity index is 1020. The predicted octanol–water partition coefficient (Wildman–Crippen LogP) is 2.72. The van der Waals surface area contributed by atoms with E-state index in [0.717, 1.165) is 44.2 Å². The number of carbonyl (C=O) groups excluding carboxylic acids is 1. The minimum atomic E-state index is -3.61. The molecule has 2 aliphatic rings. The van der Waals surface area contributed by atoms with E-state index in [4.69, 9.17) is 0 Å². The van der Waals surface area contributed by atoms with Crippen LogP contribution in [-0.2, 0) is 14.8 Å². The number of sulfonamides is 1. The van der Waals surface area contributed by atoms with Gasteiger partial charge in [0, 0.05) is 55.4 Å². The number of pyridine rings is 1. The molecular formula is C23H32N4O3S. The second kappa shape index (κ2) is 9.63. The van der Waals surface area contributed by atoms with Crippen LogP contribution < -0.4 is 0 Å². The maximum atomic E-state index is 13.4. The van der Waals surface area contributed by atoms with E-state index in [0.29, 0.717) is 42.5 Å². The van der Waals surface area contributed by atoms with Gasteiger partial charge in [0.05, 0.1) is 11.4 Å². The number of piperidine rings is 1. The number of hydrogen-bond donors (Lipinski definition) is 0. The largest absolute Gasteiger partial charge is 0.339 e. The van der Waals surface area contributed by atoms with Gasteiger partial charge < -0.3 is 4.90 Å². The Balaban J connectivity index is 1.44. The third-order valence-electron chi connectivity index (χ3n) is 6.58. The minimum Gasteiger partial charge on any atom is -0.339 e. The summed E-state index contributed by atoms with van der Waals surface area (Å²) >= 11 is 0. The summed E-state index contributed by atoms with van der Waals surface area (Å²) in [5.41, 5.74) is 0. The Morgan fingerprint density at radius 2 is 1.94 bits per heavy atom. The van der Waals surface area contributed by atoms with Gasteiger partial charge in [-0.3, -0.25) is 14.7 Å². The van der Waals surface area contributed by atoms with Crippen LogP contribution >= 0.6 is 0 Å². The Morgan fingerprint density at radius 1 is 1.06 bits per heavy atom. The van der Waals surface area contributed by atoms with Gasteiger partial charge in [-0.15, -0.1) is 0 Å². The second-order valence-corrected chi connectivity index (χ2v) is 10.4. The molecule has 168 valence electrons. The molecule has 8 heteroatoms. The topological polar surface area (TPSA) is 73.8 Å². The average molecular weight is 445 g/mol. The summed E-state index contributed by atoms with van der Waals surface area (Å²) in [5, 5.41) is 1.52. The van der Waals surface area contributed by atoms with Gasteiger partial charge >= 0.3 is 0 Å². The normalized spacial score (nSPS) is 21.8. The van der Waals surface area contributed by atoms with Gasteiger partial charge in [-0.05, 0) is 50.8 Å². The van der Waals surface area contributed by atoms with Crippen LogP contribution in [0.4, 0.5) is 0 Å². The number of hydrogen-bond acceptors (Lipinski definition) is 5. The zero-order chi connectivity index (χ0) is 21.8. The van der Waals surface area contributed by atoms with Crippen molar-refractivity contribution in [2.24, 2.45) is 0 Å². The molecule has 0 bridgehead atoms. The lowest BCUT2D eigenvalue weighted by Gasteiger charge is -2.36. The van der Waals surface area contributed by atoms with E-state index in [1.165, 1.54) is 6.42 Å². The summed E-state index contributed by atoms with van der Waals surface area (Å²) < 4.78 is 28.4. The molecule has 1 amide bonds. The molecule has 2 fully saturated rings. The lowest BCUT2D eigenvalue weighted by Crippen LogP contribution is -2.48. The standard InChI is InChI=1S/C23H32N4O3S/c1-2-20-8-3-4-14-27(20)23(28)18-25-12-6-13-26(16-15-25)31(29,30)22-9-5-7-19-17-24-11-10-21(19)22/h5,7,9-11,17,20H,2-4,6,8,12-16,18H2,1H3/t20-/m0/s1. The van der Waals surface area contributed by atoms with Crippen LogP contribution in [0.2, 0.25) is 0 Å². The van der Waals surface area contributed by atoms with Gasteiger partial charge in [-0.25, -0.2) is 8.42 Å². The summed E-state index contributed by atoms with van der Waals surface area (Å²) in [4.78, 5) is 21.5. The second-order valence-electron chi connectivity index (χ2n) is 8.53. The molecule has 1 atom stereocenters. The molecule has 0 unspecified atom stereocenters. The van der Waals surface area contributed by atoms with Gasteiger partial charge in [0.1, 0.15) is 0 Å². The van der Waals surface area contributed by atoms with Crippen molar-refractivity contribution < 1.29 is 13.2 Å². The fraction of sp³-hybridized carbons (Fsp3) is 0.565. The van der Waals surface area contributed by atoms with Gasteiger partial charge in [0.25, 0.3) is 0 Å². The first-order chi connectivity index (χ1) is 15.0. The van der Waals surface area contributed by atoms with Crippen molar-refractivity contribution in [3.8, 4) is 0 Å². The highest BCUT2D eigenvalue weighted by molar-refractivity contribution is 7.89. The van der Waals surface area contributed by atoms with E-state index in [9.17, 15) is 13.2 Å². The summed E-state index contributed by atoms with van der Waals surface area (Å²) in [6.45, 7) is 5.55. The van der Waals surface area contributed by atoms with E-state index in [-0.39, 0.29) is 5.91 Å². The van der Waals surface area contributed by atoms with E-state index in [1.54, 1.807) is 34.9 Å². The van der Waals surface area contributed by atoms with Crippen molar-refractivity contribution in [2.75, 3.05) is 39.3 Å². The third-order valence-corrected chi connectivity index (χ3v) is 8.54. The molecule has 0 spiro atoms. The smallest absolute Gasteiger partial charge is 0.243 e. The minimum absolute atomic E-state index is 0.185. The summed E-state index contributed by atoms with van der Waals surface area (Å²) in [6.07, 6.45) is 8.40. The van der Waals surface area contributed by atoms with E-state index in [1.807, 2.05) is 11.0 Å². The molecule has 4 rings (SSSR count). The molecule has 0 saturated carbocycles. The number of carbonyl (C=O) groups is 1. The first-order valence-electron chi connectivity index (χ1n) is 11.4. The third kappa shape index (κ3) is 4.76. The first-order valence-corrected chi connectivity index (χ1v) is 12.8. The molecule has 1 aromatic carbocycles. The fourth-order valence-electron chi connectivity index (χ4n) is 4.84. The lowest BCUT2D eigenvalue weighted by atomic mass is 10.00. The van der Waals surface area contributed by atoms with Crippen LogP contribution in [0.5, 0.6) is 0 Å². The molecule has 0 radical (unpaired) electrons. The van der Waals surface area contributed by atoms with E-state index >= 15 is 0 Å². The molecule has 7 nitrogen and oxygen atoms in total. The SMILES string of the molecule is CC[C@H]1CCCCN1C(=O)CN1CCCN(S(=O)(=O)c2cccc3cnccc23)CC1. The van der Waals surface area contributed by atoms with Crippen LogP contribution in [0.15, 0.2) is 41.6 Å². The molecule has 3 heterocycles. The molecule has 31 heavy (non-hydrogen) atoms. The van der Waals surface area contributed by atoms with Gasteiger partial charge in [0.15, 0.2) is 0 Å². The van der Waals surface area contributed by atoms with Crippen molar-refractivity contribution in [1.29, 1.82) is 0 Å². The fourth-order valence-corrected chi connectivity index (χ4v) is 6.52. The zero-order valence-electron chi connectivity index (χ0n) is 18.2. The molecule has 0 N–H and O–H groups in total. The number of aromatic nitrogens is 1. The van der Waals surface area contributed by atoms with Gasteiger partial charge in [0.2, 0.25) is 15.9 Å². The lowest BCUT2D eigenvalue weighted by molar-refractivity contribution is -0.136. The van der Waals surface area contributed by atoms with Crippen LogP contribution in [0.25, 0.3) is 10.8 Å². The monoisotopic (exact) mass is 444 g/mol. The summed E-state index contributed by atoms with van der Waals surface area (Å²) in [5.74, 6) is 0.185. The molecule has 2 aliphatic heterocycles. The molecular weight excluding hydrogens is 412 g/mol. The number of nitrogens with zero attached hydrogens (tertiary/aromatic N) is 4. The van der Waals surface area contributed by atoms with Crippen molar-refractivity contribution in [1.82, 2.24) is 19.1 Å². The van der Waals surface area contributed by atoms with E-state index in [2.05, 4.69) is 16.8 Å². The van der Waals surface area contributed by atoms with Crippen LogP contribution in [0.1, 0.15) is 39.0 Å². The summed E-state index contributed by atoms with van der Waals surface area (Å²) in [6, 6.07) is 7.42. The van der Waals surface area contributed by atoms with Crippen molar-refractivity contribution in [3.05, 3.63) is 36.7 Å². The maximum absolute atomic E-state index is 13.4. The zero-order valence-corrected chi connectivity index (χ0v) is 19.1. The Labute approximate surface area is 185 Å². The maximum Gasteiger partial charge on any atom is 0.243 e. The van der Waals surface area contributed by atoms with Gasteiger partial charge in [-0.2, -0.15) is 4.31 Å². The number of amides is 1. The Morgan fingerprint density at radius 3 is 2.77 bits per heavy atom. The number of benzene rings is 1. The Kier molecular flexibility index (Phi) is 6.89. The quantitative estimate of drug-likeness (QED) is 0.709. The highest BCUT2D eigenvalue weighted by atomic mass is 32.2. The first kappa shape index (κ1) is 22.2. The van der Waals surface area contributed by atoms with Crippen LogP contribution in [0, 0.1) is 0 Å². The highest BCUT2D eigenvalue weighted by Gasteiger charge is 2.30. The molecule has 1 aromatic heterocycles. The van der Waals surface area contributed by atoms with Crippen LogP contribution in [0.3, 0.4) is 0 Å². The number of likely N-dealkylation sites (tertiary alicyclic amines) is 1. The number of rotatable bonds is 5. The van der Waals surface area contributed by atoms with Crippen molar-refractivity contribution in [3.63, 3.8) is 0 Å². The van der Waals surface area contributed by atoms with Gasteiger partial charge in [-0.1, -0.05) is 19.1 Å². The Hall–Kier alpha value is -2.03. The molecule has 0 aliphatic carbocycles. The molecule has 2 aromatic rings. The van der Waals surface area contributed by atoms with Crippen molar-refractivity contribution in [2.45, 2.75) is 50.0 Å². The number of fused-ring (bicyclic) bond motifs is 1. The highest BCUT2D eigenvalue weighted by Crippen LogP contribution is 2.26. The predicted molar refractivity (Wildman–Crippen MR) is 121 cm³/mol. The van der Waals surface area contributed by atoms with E-state index < -0.39 is 10.0 Å². The average Bonchev–Trinajstić information content (AvgIpc) is 3.04. The van der Waals surface area contributed by atoms with Crippen molar-refractivity contribution >= 4 is 26.7 Å². The molecule has 2 saturated heterocycles. The van der Waals surface area contributed by atoms with Crippen LogP contribution in [-0.4, -0.2) is 78.7 Å². The summed E-state index contributed by atoms with van der Waals surface area (Å²) in [7, 11) is -3.61.